The molecule has 6 nitrogen and oxygen atoms in total. The number of amides is 1. The Hall–Kier alpha value is -3.46. The van der Waals surface area contributed by atoms with E-state index >= 15 is 0 Å². The third-order valence-corrected chi connectivity index (χ3v) is 5.30. The summed E-state index contributed by atoms with van der Waals surface area (Å²) in [5.41, 5.74) is 1.58. The van der Waals surface area contributed by atoms with E-state index in [1.807, 2.05) is 0 Å². The number of fused-ring (bicyclic) bond motifs is 1. The number of halogens is 3. The molecule has 0 spiro atoms. The molecule has 2 heterocycles. The number of rotatable bonds is 4. The third kappa shape index (κ3) is 5.05. The van der Waals surface area contributed by atoms with Gasteiger partial charge in [-0.15, -0.1) is 0 Å². The standard InChI is InChI=1S/C14H8F3N.C9H14N2O3/c15-10-3-1-8(2-4-10)13-6-9-5-11(16)7-12(17)14(9)18-13;1-11-6-8(13-14-11)5-10-9(12)7-3-2-4-7/h1-7,18H;6-7H,2-5H2,1H3,(H,10,12). The smallest absolute Gasteiger partial charge is 0.223 e. The SMILES string of the molecule is CN1C=C(CNC(=O)C2CCC2)OO1.Fc1ccc(-c2cc3cc(F)cc(F)c3[nH]2)cc1. The van der Waals surface area contributed by atoms with E-state index in [9.17, 15) is 18.0 Å². The molecule has 1 amide bonds. The van der Waals surface area contributed by atoms with Crippen LogP contribution in [0.3, 0.4) is 0 Å². The average molecular weight is 445 g/mol. The summed E-state index contributed by atoms with van der Waals surface area (Å²) < 4.78 is 39.4. The minimum atomic E-state index is -0.640. The van der Waals surface area contributed by atoms with Gasteiger partial charge in [0.25, 0.3) is 0 Å². The summed E-state index contributed by atoms with van der Waals surface area (Å²) in [6.07, 6.45) is 4.90. The molecule has 2 aromatic carbocycles. The first-order chi connectivity index (χ1) is 15.4. The zero-order chi connectivity index (χ0) is 22.7. The quantitative estimate of drug-likeness (QED) is 0.566. The van der Waals surface area contributed by atoms with Gasteiger partial charge >= 0.3 is 0 Å². The second-order valence-electron chi connectivity index (χ2n) is 7.69. The van der Waals surface area contributed by atoms with Crippen LogP contribution in [0.5, 0.6) is 0 Å². The Balaban J connectivity index is 0.000000158. The van der Waals surface area contributed by atoms with Gasteiger partial charge in [-0.05, 0) is 54.8 Å². The monoisotopic (exact) mass is 445 g/mol. The molecule has 1 aliphatic carbocycles. The lowest BCUT2D eigenvalue weighted by atomic mass is 9.85. The molecule has 32 heavy (non-hydrogen) atoms. The summed E-state index contributed by atoms with van der Waals surface area (Å²) in [4.78, 5) is 23.8. The summed E-state index contributed by atoms with van der Waals surface area (Å²) in [6.45, 7) is 0.402. The normalized spacial score (nSPS) is 15.5. The first kappa shape index (κ1) is 21.8. The predicted octanol–water partition coefficient (Wildman–Crippen LogP) is 4.80. The molecule has 1 aliphatic heterocycles. The van der Waals surface area contributed by atoms with Gasteiger partial charge in [-0.3, -0.25) is 4.79 Å². The van der Waals surface area contributed by atoms with Crippen LogP contribution in [-0.2, 0) is 14.7 Å². The van der Waals surface area contributed by atoms with Crippen molar-refractivity contribution in [3.8, 4) is 11.3 Å². The molecular formula is C23H22F3N3O3. The van der Waals surface area contributed by atoms with Gasteiger partial charge in [-0.2, -0.15) is 0 Å². The summed E-state index contributed by atoms with van der Waals surface area (Å²) in [7, 11) is 1.72. The van der Waals surface area contributed by atoms with Gasteiger partial charge in [-0.1, -0.05) is 11.4 Å². The molecule has 0 atom stereocenters. The van der Waals surface area contributed by atoms with Crippen LogP contribution in [-0.4, -0.2) is 29.5 Å². The first-order valence-corrected chi connectivity index (χ1v) is 10.2. The van der Waals surface area contributed by atoms with Crippen molar-refractivity contribution in [2.24, 2.45) is 5.92 Å². The topological polar surface area (TPSA) is 66.6 Å². The Kier molecular flexibility index (Phi) is 6.36. The van der Waals surface area contributed by atoms with Crippen molar-refractivity contribution in [2.75, 3.05) is 13.6 Å². The number of nitrogens with one attached hydrogen (secondary N) is 2. The summed E-state index contributed by atoms with van der Waals surface area (Å²) in [6, 6.07) is 9.50. The van der Waals surface area contributed by atoms with Crippen molar-refractivity contribution < 1.29 is 27.8 Å². The van der Waals surface area contributed by atoms with Crippen LogP contribution in [0.1, 0.15) is 19.3 Å². The molecule has 1 saturated carbocycles. The fourth-order valence-electron chi connectivity index (χ4n) is 3.37. The van der Waals surface area contributed by atoms with Crippen molar-refractivity contribution >= 4 is 16.8 Å². The molecule has 0 unspecified atom stereocenters. The maximum Gasteiger partial charge on any atom is 0.223 e. The lowest BCUT2D eigenvalue weighted by Crippen LogP contribution is -2.35. The number of hydrogen-bond acceptors (Lipinski definition) is 4. The van der Waals surface area contributed by atoms with Gasteiger partial charge < -0.3 is 15.2 Å². The van der Waals surface area contributed by atoms with Gasteiger partial charge in [0, 0.05) is 30.1 Å². The highest BCUT2D eigenvalue weighted by Crippen LogP contribution is 2.27. The van der Waals surface area contributed by atoms with Crippen LogP contribution in [0.4, 0.5) is 13.2 Å². The zero-order valence-corrected chi connectivity index (χ0v) is 17.3. The van der Waals surface area contributed by atoms with E-state index in [1.165, 1.54) is 29.7 Å². The molecule has 5 rings (SSSR count). The molecule has 2 aliphatic rings. The number of hydroxylamine groups is 2. The predicted molar refractivity (Wildman–Crippen MR) is 112 cm³/mol. The third-order valence-electron chi connectivity index (χ3n) is 5.30. The van der Waals surface area contributed by atoms with Crippen molar-refractivity contribution in [3.63, 3.8) is 0 Å². The summed E-state index contributed by atoms with van der Waals surface area (Å²) >= 11 is 0. The van der Waals surface area contributed by atoms with E-state index in [4.69, 9.17) is 4.89 Å². The fourth-order valence-corrected chi connectivity index (χ4v) is 3.37. The van der Waals surface area contributed by atoms with Crippen LogP contribution < -0.4 is 5.32 Å². The van der Waals surface area contributed by atoms with Crippen molar-refractivity contribution in [2.45, 2.75) is 19.3 Å². The molecule has 2 N–H and O–H groups in total. The van der Waals surface area contributed by atoms with Gasteiger partial charge in [0.1, 0.15) is 17.5 Å². The van der Waals surface area contributed by atoms with Crippen molar-refractivity contribution in [1.82, 2.24) is 15.4 Å². The first-order valence-electron chi connectivity index (χ1n) is 10.2. The number of hydrogen-bond donors (Lipinski definition) is 2. The minimum absolute atomic E-state index is 0.121. The fraction of sp³-hybridized carbons (Fsp3) is 0.261. The number of nitrogens with zero attached hydrogens (tertiary/aromatic N) is 1. The Bertz CT molecular complexity index is 1140. The van der Waals surface area contributed by atoms with Gasteiger partial charge in [0.15, 0.2) is 5.76 Å². The molecule has 3 aromatic rings. The Morgan fingerprint density at radius 1 is 1.12 bits per heavy atom. The van der Waals surface area contributed by atoms with E-state index < -0.39 is 11.6 Å². The number of aromatic amines is 1. The highest BCUT2D eigenvalue weighted by molar-refractivity contribution is 5.86. The number of carbonyl (C=O) groups excluding carboxylic acids is 1. The van der Waals surface area contributed by atoms with E-state index in [2.05, 4.69) is 15.3 Å². The van der Waals surface area contributed by atoms with E-state index in [1.54, 1.807) is 31.4 Å². The highest BCUT2D eigenvalue weighted by atomic mass is 19.1. The molecular weight excluding hydrogens is 423 g/mol. The maximum atomic E-state index is 13.5. The van der Waals surface area contributed by atoms with E-state index in [0.29, 0.717) is 28.9 Å². The zero-order valence-electron chi connectivity index (χ0n) is 17.3. The van der Waals surface area contributed by atoms with Crippen LogP contribution in [0, 0.1) is 23.4 Å². The molecule has 0 bridgehead atoms. The highest BCUT2D eigenvalue weighted by Gasteiger charge is 2.25. The molecule has 0 radical (unpaired) electrons. The average Bonchev–Trinajstić information content (AvgIpc) is 3.32. The van der Waals surface area contributed by atoms with E-state index in [0.717, 1.165) is 18.9 Å². The molecule has 1 fully saturated rings. The lowest BCUT2D eigenvalue weighted by molar-refractivity contribution is -0.355. The second-order valence-corrected chi connectivity index (χ2v) is 7.69. The lowest BCUT2D eigenvalue weighted by Gasteiger charge is -2.23. The van der Waals surface area contributed by atoms with Crippen molar-refractivity contribution in [1.29, 1.82) is 0 Å². The number of aromatic nitrogens is 1. The Labute approximate surface area is 182 Å². The summed E-state index contributed by atoms with van der Waals surface area (Å²) in [5, 5.41) is 4.71. The van der Waals surface area contributed by atoms with Crippen LogP contribution in [0.25, 0.3) is 22.2 Å². The molecule has 0 saturated heterocycles. The Morgan fingerprint density at radius 3 is 2.50 bits per heavy atom. The molecule has 9 heteroatoms. The van der Waals surface area contributed by atoms with Crippen LogP contribution >= 0.6 is 0 Å². The van der Waals surface area contributed by atoms with Crippen LogP contribution in [0.15, 0.2) is 54.4 Å². The number of benzene rings is 2. The summed E-state index contributed by atoms with van der Waals surface area (Å²) in [5.74, 6) is -0.638. The van der Waals surface area contributed by atoms with Gasteiger partial charge in [0.2, 0.25) is 5.91 Å². The number of H-pyrrole nitrogens is 1. The molecule has 168 valence electrons. The largest absolute Gasteiger partial charge is 0.352 e. The van der Waals surface area contributed by atoms with Crippen molar-refractivity contribution in [3.05, 3.63) is 71.9 Å². The van der Waals surface area contributed by atoms with Gasteiger partial charge in [-0.25, -0.2) is 18.2 Å². The molecule has 1 aromatic heterocycles. The van der Waals surface area contributed by atoms with Gasteiger partial charge in [0.05, 0.1) is 18.3 Å². The number of carbonyl (C=O) groups is 1. The van der Waals surface area contributed by atoms with E-state index in [-0.39, 0.29) is 23.2 Å². The minimum Gasteiger partial charge on any atom is -0.352 e. The Morgan fingerprint density at radius 2 is 1.88 bits per heavy atom. The van der Waals surface area contributed by atoms with Crippen LogP contribution in [0.2, 0.25) is 0 Å². The second kappa shape index (κ2) is 9.35. The maximum absolute atomic E-state index is 13.5.